The standard InChI is InChI=1S/C24H14N2O2/c1-3-7-21-19(5-1)25-23(27-21)17-11-9-16-14-18(12-10-15(16)13-17)24-26-20-6-2-4-8-22(20)28-24/h1-14H. The Morgan fingerprint density at radius 1 is 0.500 bits per heavy atom. The average Bonchev–Trinajstić information content (AvgIpc) is 3.37. The molecule has 0 aliphatic rings. The number of benzene rings is 4. The fourth-order valence-electron chi connectivity index (χ4n) is 3.50. The van der Waals surface area contributed by atoms with Crippen molar-refractivity contribution in [3.8, 4) is 22.9 Å². The van der Waals surface area contributed by atoms with Crippen molar-refractivity contribution in [1.82, 2.24) is 9.97 Å². The predicted molar refractivity (Wildman–Crippen MR) is 110 cm³/mol. The molecule has 0 fully saturated rings. The summed E-state index contributed by atoms with van der Waals surface area (Å²) in [5, 5.41) is 2.22. The molecule has 6 rings (SSSR count). The SMILES string of the molecule is c1ccc2oc(-c3ccc4cc(-c5nc6ccccc6o5)ccc4c3)nc2c1. The fraction of sp³-hybridized carbons (Fsp3) is 0. The summed E-state index contributed by atoms with van der Waals surface area (Å²) in [4.78, 5) is 9.18. The Morgan fingerprint density at radius 2 is 0.964 bits per heavy atom. The van der Waals surface area contributed by atoms with Gasteiger partial charge in [0.1, 0.15) is 11.0 Å². The summed E-state index contributed by atoms with van der Waals surface area (Å²) >= 11 is 0. The Balaban J connectivity index is 1.43. The number of para-hydroxylation sites is 4. The molecule has 0 radical (unpaired) electrons. The van der Waals surface area contributed by atoms with Crippen LogP contribution in [0.2, 0.25) is 0 Å². The third-order valence-electron chi connectivity index (χ3n) is 4.92. The van der Waals surface area contributed by atoms with Crippen molar-refractivity contribution in [2.45, 2.75) is 0 Å². The molecular formula is C24H14N2O2. The van der Waals surface area contributed by atoms with Gasteiger partial charge in [-0.25, -0.2) is 9.97 Å². The number of fused-ring (bicyclic) bond motifs is 3. The van der Waals surface area contributed by atoms with E-state index in [1.165, 1.54) is 0 Å². The molecule has 0 amide bonds. The highest BCUT2D eigenvalue weighted by atomic mass is 16.4. The lowest BCUT2D eigenvalue weighted by Crippen LogP contribution is -1.81. The normalized spacial score (nSPS) is 11.6. The number of oxazole rings is 2. The first kappa shape index (κ1) is 15.2. The minimum Gasteiger partial charge on any atom is -0.436 e. The molecule has 4 aromatic carbocycles. The van der Waals surface area contributed by atoms with Gasteiger partial charge >= 0.3 is 0 Å². The molecule has 132 valence electrons. The summed E-state index contributed by atoms with van der Waals surface area (Å²) < 4.78 is 11.8. The van der Waals surface area contributed by atoms with Crippen LogP contribution in [0, 0.1) is 0 Å². The number of aromatic nitrogens is 2. The molecule has 2 aromatic heterocycles. The van der Waals surface area contributed by atoms with Crippen molar-refractivity contribution < 1.29 is 8.83 Å². The van der Waals surface area contributed by atoms with E-state index in [0.29, 0.717) is 11.8 Å². The summed E-state index contributed by atoms with van der Waals surface area (Å²) in [6.45, 7) is 0. The first-order chi connectivity index (χ1) is 13.8. The van der Waals surface area contributed by atoms with Crippen LogP contribution in [0.25, 0.3) is 55.9 Å². The minimum atomic E-state index is 0.631. The van der Waals surface area contributed by atoms with E-state index in [-0.39, 0.29) is 0 Å². The molecular weight excluding hydrogens is 348 g/mol. The van der Waals surface area contributed by atoms with Crippen molar-refractivity contribution in [2.75, 3.05) is 0 Å². The lowest BCUT2D eigenvalue weighted by atomic mass is 10.0. The van der Waals surface area contributed by atoms with Gasteiger partial charge in [0.15, 0.2) is 11.2 Å². The predicted octanol–water partition coefficient (Wildman–Crippen LogP) is 6.46. The Kier molecular flexibility index (Phi) is 3.14. The van der Waals surface area contributed by atoms with Crippen LogP contribution in [0.5, 0.6) is 0 Å². The van der Waals surface area contributed by atoms with E-state index in [4.69, 9.17) is 8.83 Å². The fourth-order valence-corrected chi connectivity index (χ4v) is 3.50. The molecule has 0 aliphatic carbocycles. The van der Waals surface area contributed by atoms with E-state index >= 15 is 0 Å². The van der Waals surface area contributed by atoms with E-state index in [2.05, 4.69) is 34.2 Å². The molecule has 0 saturated carbocycles. The zero-order chi connectivity index (χ0) is 18.5. The Bertz CT molecular complexity index is 1300. The van der Waals surface area contributed by atoms with Gasteiger partial charge < -0.3 is 8.83 Å². The number of hydrogen-bond acceptors (Lipinski definition) is 4. The molecule has 0 unspecified atom stereocenters. The zero-order valence-corrected chi connectivity index (χ0v) is 14.8. The van der Waals surface area contributed by atoms with E-state index in [9.17, 15) is 0 Å². The number of nitrogens with zero attached hydrogens (tertiary/aromatic N) is 2. The van der Waals surface area contributed by atoms with Gasteiger partial charge in [0, 0.05) is 11.1 Å². The van der Waals surface area contributed by atoms with Crippen LogP contribution < -0.4 is 0 Å². The second-order valence-electron chi connectivity index (χ2n) is 6.75. The van der Waals surface area contributed by atoms with Crippen LogP contribution in [-0.2, 0) is 0 Å². The summed E-state index contributed by atoms with van der Waals surface area (Å²) in [7, 11) is 0. The maximum absolute atomic E-state index is 5.89. The largest absolute Gasteiger partial charge is 0.436 e. The highest BCUT2D eigenvalue weighted by Crippen LogP contribution is 2.30. The highest BCUT2D eigenvalue weighted by Gasteiger charge is 2.11. The van der Waals surface area contributed by atoms with Gasteiger partial charge in [-0.15, -0.1) is 0 Å². The van der Waals surface area contributed by atoms with Crippen LogP contribution in [0.15, 0.2) is 93.8 Å². The van der Waals surface area contributed by atoms with Crippen LogP contribution >= 0.6 is 0 Å². The Hall–Kier alpha value is -3.92. The van der Waals surface area contributed by atoms with Crippen LogP contribution in [0.4, 0.5) is 0 Å². The third kappa shape index (κ3) is 2.39. The Labute approximate surface area is 160 Å². The van der Waals surface area contributed by atoms with Crippen LogP contribution in [0.3, 0.4) is 0 Å². The molecule has 0 bridgehead atoms. The minimum absolute atomic E-state index is 0.631. The first-order valence-electron chi connectivity index (χ1n) is 9.09. The van der Waals surface area contributed by atoms with E-state index in [1.807, 2.05) is 60.7 Å². The quantitative estimate of drug-likeness (QED) is 0.355. The van der Waals surface area contributed by atoms with E-state index in [0.717, 1.165) is 44.1 Å². The van der Waals surface area contributed by atoms with Crippen molar-refractivity contribution in [2.24, 2.45) is 0 Å². The van der Waals surface area contributed by atoms with Crippen LogP contribution in [0.1, 0.15) is 0 Å². The van der Waals surface area contributed by atoms with Crippen molar-refractivity contribution in [1.29, 1.82) is 0 Å². The lowest BCUT2D eigenvalue weighted by Gasteiger charge is -2.02. The van der Waals surface area contributed by atoms with Gasteiger partial charge in [-0.05, 0) is 59.3 Å². The molecule has 28 heavy (non-hydrogen) atoms. The molecule has 0 saturated heterocycles. The van der Waals surface area contributed by atoms with Gasteiger partial charge in [-0.2, -0.15) is 0 Å². The molecule has 4 nitrogen and oxygen atoms in total. The third-order valence-corrected chi connectivity index (χ3v) is 4.92. The van der Waals surface area contributed by atoms with Gasteiger partial charge in [-0.1, -0.05) is 36.4 Å². The molecule has 0 N–H and O–H groups in total. The molecule has 0 aliphatic heterocycles. The second-order valence-corrected chi connectivity index (χ2v) is 6.75. The van der Waals surface area contributed by atoms with Crippen molar-refractivity contribution in [3.05, 3.63) is 84.9 Å². The van der Waals surface area contributed by atoms with Gasteiger partial charge in [0.25, 0.3) is 0 Å². The molecule has 0 atom stereocenters. The molecule has 6 aromatic rings. The van der Waals surface area contributed by atoms with Gasteiger partial charge in [0.05, 0.1) is 0 Å². The maximum Gasteiger partial charge on any atom is 0.227 e. The molecule has 0 spiro atoms. The van der Waals surface area contributed by atoms with Gasteiger partial charge in [0.2, 0.25) is 11.8 Å². The number of rotatable bonds is 2. The van der Waals surface area contributed by atoms with Crippen molar-refractivity contribution >= 4 is 33.0 Å². The Morgan fingerprint density at radius 3 is 1.43 bits per heavy atom. The zero-order valence-electron chi connectivity index (χ0n) is 14.8. The second kappa shape index (κ2) is 5.79. The van der Waals surface area contributed by atoms with Crippen LogP contribution in [-0.4, -0.2) is 9.97 Å². The monoisotopic (exact) mass is 362 g/mol. The summed E-state index contributed by atoms with van der Waals surface area (Å²) in [6.07, 6.45) is 0. The number of hydrogen-bond donors (Lipinski definition) is 0. The maximum atomic E-state index is 5.89. The first-order valence-corrected chi connectivity index (χ1v) is 9.09. The van der Waals surface area contributed by atoms with Gasteiger partial charge in [-0.3, -0.25) is 0 Å². The van der Waals surface area contributed by atoms with Crippen molar-refractivity contribution in [3.63, 3.8) is 0 Å². The highest BCUT2D eigenvalue weighted by molar-refractivity contribution is 5.90. The molecule has 4 heteroatoms. The summed E-state index contributed by atoms with van der Waals surface area (Å²) in [5.41, 5.74) is 5.23. The topological polar surface area (TPSA) is 52.1 Å². The average molecular weight is 362 g/mol. The lowest BCUT2D eigenvalue weighted by molar-refractivity contribution is 0.619. The smallest absolute Gasteiger partial charge is 0.227 e. The van der Waals surface area contributed by atoms with E-state index < -0.39 is 0 Å². The molecule has 2 heterocycles. The van der Waals surface area contributed by atoms with E-state index in [1.54, 1.807) is 0 Å². The summed E-state index contributed by atoms with van der Waals surface area (Å²) in [5.74, 6) is 1.26. The summed E-state index contributed by atoms with van der Waals surface area (Å²) in [6, 6.07) is 28.0.